The third-order valence-corrected chi connectivity index (χ3v) is 6.27. The van der Waals surface area contributed by atoms with Gasteiger partial charge >= 0.3 is 0 Å². The maximum Gasteiger partial charge on any atom is 0.228 e. The number of hydrogen-bond acceptors (Lipinski definition) is 5. The summed E-state index contributed by atoms with van der Waals surface area (Å²) in [5.74, 6) is 0. The van der Waals surface area contributed by atoms with E-state index < -0.39 is 24.9 Å². The Morgan fingerprint density at radius 3 is 1.94 bits per heavy atom. The molecule has 0 amide bonds. The minimum atomic E-state index is -3.70. The summed E-state index contributed by atoms with van der Waals surface area (Å²) < 4.78 is 46.9. The molecule has 1 heterocycles. The van der Waals surface area contributed by atoms with Gasteiger partial charge in [-0.1, -0.05) is 0 Å². The molecule has 0 spiro atoms. The van der Waals surface area contributed by atoms with E-state index >= 15 is 0 Å². The normalized spacial score (nSPS) is 29.2. The molecule has 0 aliphatic carbocycles. The number of rotatable bonds is 3. The fourth-order valence-electron chi connectivity index (χ4n) is 1.85. The van der Waals surface area contributed by atoms with Gasteiger partial charge in [0.05, 0.1) is 0 Å². The topological polar surface area (TPSA) is 83.6 Å². The van der Waals surface area contributed by atoms with Gasteiger partial charge in [0.1, 0.15) is 0 Å². The van der Waals surface area contributed by atoms with E-state index in [1.165, 1.54) is 4.31 Å². The number of hydrogen-bond donors (Lipinski definition) is 1. The largest absolute Gasteiger partial charge is 0.309 e. The van der Waals surface area contributed by atoms with Gasteiger partial charge in [-0.25, -0.2) is 16.8 Å². The molecule has 0 saturated carbocycles. The predicted octanol–water partition coefficient (Wildman–Crippen LogP) is -0.999. The van der Waals surface area contributed by atoms with Gasteiger partial charge in [0.15, 0.2) is 14.9 Å². The lowest BCUT2D eigenvalue weighted by molar-refractivity contribution is 0.264. The van der Waals surface area contributed by atoms with Crippen LogP contribution >= 0.6 is 0 Å². The average Bonchev–Trinajstić information content (AvgIpc) is 1.96. The van der Waals surface area contributed by atoms with Crippen LogP contribution in [0, 0.1) is 0 Å². The van der Waals surface area contributed by atoms with Crippen LogP contribution in [0.2, 0.25) is 0 Å². The Labute approximate surface area is 97.0 Å². The van der Waals surface area contributed by atoms with Crippen LogP contribution in [0.1, 0.15) is 13.8 Å². The number of nitrogens with zero attached hydrogens (tertiary/aromatic N) is 1. The zero-order valence-corrected chi connectivity index (χ0v) is 11.3. The van der Waals surface area contributed by atoms with Gasteiger partial charge in [-0.05, 0) is 13.8 Å². The maximum absolute atomic E-state index is 11.8. The highest BCUT2D eigenvalue weighted by Gasteiger charge is 2.32. The number of piperazine rings is 1. The van der Waals surface area contributed by atoms with Gasteiger partial charge in [0.2, 0.25) is 10.0 Å². The molecular weight excluding hydrogens is 252 g/mol. The van der Waals surface area contributed by atoms with Crippen molar-refractivity contribution in [1.29, 1.82) is 0 Å². The third kappa shape index (κ3) is 4.00. The molecule has 96 valence electrons. The Morgan fingerprint density at radius 1 is 1.12 bits per heavy atom. The van der Waals surface area contributed by atoms with Crippen LogP contribution in [-0.2, 0) is 19.9 Å². The summed E-state index contributed by atoms with van der Waals surface area (Å²) >= 11 is 0. The van der Waals surface area contributed by atoms with Crippen LogP contribution in [-0.4, -0.2) is 57.7 Å². The first kappa shape index (κ1) is 13.9. The van der Waals surface area contributed by atoms with Crippen molar-refractivity contribution in [1.82, 2.24) is 9.62 Å². The summed E-state index contributed by atoms with van der Waals surface area (Å²) in [7, 11) is -7.22. The molecule has 1 fully saturated rings. The molecule has 6 nitrogen and oxygen atoms in total. The highest BCUT2D eigenvalue weighted by atomic mass is 32.3. The molecule has 1 N–H and O–H groups in total. The molecule has 0 aromatic rings. The molecule has 0 aromatic carbocycles. The lowest BCUT2D eigenvalue weighted by atomic mass is 10.2. The molecular formula is C8H18N2O4S2. The van der Waals surface area contributed by atoms with Crippen molar-refractivity contribution in [2.24, 2.45) is 0 Å². The molecule has 2 unspecified atom stereocenters. The van der Waals surface area contributed by atoms with Crippen molar-refractivity contribution in [2.75, 3.05) is 24.4 Å². The van der Waals surface area contributed by atoms with Crippen molar-refractivity contribution in [2.45, 2.75) is 25.9 Å². The summed E-state index contributed by atoms with van der Waals surface area (Å²) in [5.41, 5.74) is 0. The Bertz CT molecular complexity index is 433. The molecule has 0 radical (unpaired) electrons. The second-order valence-corrected chi connectivity index (χ2v) is 8.92. The summed E-state index contributed by atoms with van der Waals surface area (Å²) in [6.07, 6.45) is 0.930. The van der Waals surface area contributed by atoms with E-state index in [1.807, 2.05) is 13.8 Å². The molecule has 1 aliphatic rings. The SMILES string of the molecule is CC1CN(S(=O)(=O)CS(C)(=O)=O)CC(C)N1. The number of nitrogens with one attached hydrogen (secondary N) is 1. The lowest BCUT2D eigenvalue weighted by Gasteiger charge is -2.35. The van der Waals surface area contributed by atoms with Crippen LogP contribution in [0.25, 0.3) is 0 Å². The van der Waals surface area contributed by atoms with Crippen LogP contribution in [0.15, 0.2) is 0 Å². The first-order valence-corrected chi connectivity index (χ1v) is 8.69. The van der Waals surface area contributed by atoms with E-state index in [2.05, 4.69) is 5.32 Å². The van der Waals surface area contributed by atoms with Gasteiger partial charge < -0.3 is 5.32 Å². The van der Waals surface area contributed by atoms with Gasteiger partial charge in [-0.2, -0.15) is 4.31 Å². The fraction of sp³-hybridized carbons (Fsp3) is 1.00. The minimum Gasteiger partial charge on any atom is -0.309 e. The quantitative estimate of drug-likeness (QED) is 0.711. The minimum absolute atomic E-state index is 0.0399. The van der Waals surface area contributed by atoms with E-state index in [-0.39, 0.29) is 12.1 Å². The monoisotopic (exact) mass is 270 g/mol. The van der Waals surface area contributed by atoms with Gasteiger partial charge in [-0.3, -0.25) is 0 Å². The Kier molecular flexibility index (Phi) is 3.99. The Hall–Kier alpha value is -0.180. The van der Waals surface area contributed by atoms with Crippen LogP contribution in [0.4, 0.5) is 0 Å². The Balaban J connectivity index is 2.84. The maximum atomic E-state index is 11.8. The zero-order valence-electron chi connectivity index (χ0n) is 9.67. The fourth-order valence-corrected chi connectivity index (χ4v) is 5.51. The lowest BCUT2D eigenvalue weighted by Crippen LogP contribution is -2.56. The molecule has 1 rings (SSSR count). The first-order chi connectivity index (χ1) is 7.10. The second kappa shape index (κ2) is 4.59. The predicted molar refractivity (Wildman–Crippen MR) is 62.3 cm³/mol. The summed E-state index contributed by atoms with van der Waals surface area (Å²) in [4.78, 5) is 0. The van der Waals surface area contributed by atoms with Crippen LogP contribution < -0.4 is 5.32 Å². The summed E-state index contributed by atoms with van der Waals surface area (Å²) in [5, 5.41) is 2.38. The highest BCUT2D eigenvalue weighted by Crippen LogP contribution is 2.11. The van der Waals surface area contributed by atoms with E-state index in [1.54, 1.807) is 0 Å². The summed E-state index contributed by atoms with van der Waals surface area (Å²) in [6.45, 7) is 4.39. The third-order valence-electron chi connectivity index (χ3n) is 2.28. The van der Waals surface area contributed by atoms with Gasteiger partial charge in [0.25, 0.3) is 0 Å². The Morgan fingerprint density at radius 2 is 1.56 bits per heavy atom. The molecule has 2 atom stereocenters. The van der Waals surface area contributed by atoms with Crippen molar-refractivity contribution in [3.63, 3.8) is 0 Å². The smallest absolute Gasteiger partial charge is 0.228 e. The number of sulfone groups is 1. The molecule has 16 heavy (non-hydrogen) atoms. The molecule has 1 aliphatic heterocycles. The molecule has 0 bridgehead atoms. The van der Waals surface area contributed by atoms with E-state index in [9.17, 15) is 16.8 Å². The van der Waals surface area contributed by atoms with Crippen molar-refractivity contribution in [3.8, 4) is 0 Å². The highest BCUT2D eigenvalue weighted by molar-refractivity contribution is 8.06. The zero-order chi connectivity index (χ0) is 12.6. The first-order valence-electron chi connectivity index (χ1n) is 5.02. The average molecular weight is 270 g/mol. The van der Waals surface area contributed by atoms with Gasteiger partial charge in [0, 0.05) is 31.4 Å². The molecule has 0 aromatic heterocycles. The van der Waals surface area contributed by atoms with E-state index in [0.717, 1.165) is 6.26 Å². The van der Waals surface area contributed by atoms with Crippen LogP contribution in [0.3, 0.4) is 0 Å². The standard InChI is InChI=1S/C8H18N2O4S2/c1-7-4-10(5-8(2)9-7)16(13,14)6-15(3,11)12/h7-9H,4-6H2,1-3H3. The van der Waals surface area contributed by atoms with Gasteiger partial charge in [-0.15, -0.1) is 0 Å². The number of sulfonamides is 1. The van der Waals surface area contributed by atoms with Crippen molar-refractivity contribution >= 4 is 19.9 Å². The molecule has 8 heteroatoms. The molecule has 1 saturated heterocycles. The van der Waals surface area contributed by atoms with Crippen LogP contribution in [0.5, 0.6) is 0 Å². The summed E-state index contributed by atoms with van der Waals surface area (Å²) in [6, 6.07) is 0.0798. The van der Waals surface area contributed by atoms with E-state index in [4.69, 9.17) is 0 Å². The second-order valence-electron chi connectivity index (χ2n) is 4.44. The van der Waals surface area contributed by atoms with Crippen molar-refractivity contribution in [3.05, 3.63) is 0 Å². The van der Waals surface area contributed by atoms with E-state index in [0.29, 0.717) is 13.1 Å². The van der Waals surface area contributed by atoms with Crippen molar-refractivity contribution < 1.29 is 16.8 Å².